The van der Waals surface area contributed by atoms with Crippen LogP contribution >= 0.6 is 0 Å². The summed E-state index contributed by atoms with van der Waals surface area (Å²) in [7, 11) is 0. The number of anilines is 6. The van der Waals surface area contributed by atoms with Crippen LogP contribution in [-0.4, -0.2) is 0 Å². The minimum absolute atomic E-state index is 0.507. The van der Waals surface area contributed by atoms with Crippen molar-refractivity contribution >= 4 is 61.7 Å². The van der Waals surface area contributed by atoms with Crippen LogP contribution in [0.15, 0.2) is 365 Å². The van der Waals surface area contributed by atoms with Crippen molar-refractivity contribution in [1.82, 2.24) is 0 Å². The summed E-state index contributed by atoms with van der Waals surface area (Å²) in [5, 5.41) is 4.57. The van der Waals surface area contributed by atoms with E-state index in [4.69, 9.17) is 9.47 Å². The lowest BCUT2D eigenvalue weighted by Gasteiger charge is -2.40. The molecule has 0 saturated carbocycles. The van der Waals surface area contributed by atoms with Crippen molar-refractivity contribution in [3.63, 3.8) is 0 Å². The summed E-state index contributed by atoms with van der Waals surface area (Å²) in [6, 6.07) is 125. The minimum Gasteiger partial charge on any atom is -0.457 e. The molecule has 19 rings (SSSR count). The van der Waals surface area contributed by atoms with Gasteiger partial charge >= 0.3 is 0 Å². The minimum atomic E-state index is -0.610. The Balaban J connectivity index is 0.000000144. The Hall–Kier alpha value is -12.5. The van der Waals surface area contributed by atoms with E-state index in [-0.39, 0.29) is 0 Å². The van der Waals surface area contributed by atoms with Crippen molar-refractivity contribution in [2.75, 3.05) is 9.80 Å². The van der Waals surface area contributed by atoms with Gasteiger partial charge in [0.2, 0.25) is 0 Å². The molecule has 2 spiro atoms. The third kappa shape index (κ3) is 9.28. The lowest BCUT2D eigenvalue weighted by atomic mass is 9.65. The molecule has 4 heteroatoms. The van der Waals surface area contributed by atoms with Gasteiger partial charge in [0.1, 0.15) is 23.0 Å². The summed E-state index contributed by atoms with van der Waals surface area (Å²) in [6.45, 7) is 3.86. The number of nitrogens with zero attached hydrogens (tertiary/aromatic N) is 2. The second-order valence-electron chi connectivity index (χ2n) is 25.7. The Morgan fingerprint density at radius 1 is 0.286 bits per heavy atom. The predicted molar refractivity (Wildman–Crippen MR) is 406 cm³/mol. The quantitative estimate of drug-likeness (QED) is 0.0952. The Labute approximate surface area is 572 Å². The summed E-state index contributed by atoms with van der Waals surface area (Å²) in [4.78, 5) is 4.74. The fourth-order valence-corrected chi connectivity index (χ4v) is 16.2. The number of para-hydroxylation sites is 4. The first-order chi connectivity index (χ1) is 48.6. The van der Waals surface area contributed by atoms with Crippen LogP contribution in [0.25, 0.3) is 61.0 Å². The van der Waals surface area contributed by atoms with E-state index in [1.807, 2.05) is 6.08 Å². The van der Waals surface area contributed by atoms with Gasteiger partial charge in [-0.25, -0.2) is 0 Å². The van der Waals surface area contributed by atoms with E-state index in [0.29, 0.717) is 0 Å². The molecular weight excluding hydrogens is 1190 g/mol. The summed E-state index contributed by atoms with van der Waals surface area (Å²) in [5.41, 5.74) is 23.9. The summed E-state index contributed by atoms with van der Waals surface area (Å²) < 4.78 is 13.7. The molecule has 15 aromatic carbocycles. The molecule has 0 aromatic heterocycles. The van der Waals surface area contributed by atoms with Gasteiger partial charge in [0.05, 0.1) is 10.8 Å². The Morgan fingerprint density at radius 2 is 0.673 bits per heavy atom. The van der Waals surface area contributed by atoms with Crippen LogP contribution in [0, 0.1) is 0 Å². The van der Waals surface area contributed by atoms with Crippen LogP contribution in [0.2, 0.25) is 0 Å². The van der Waals surface area contributed by atoms with E-state index >= 15 is 0 Å². The molecule has 0 bridgehead atoms. The van der Waals surface area contributed by atoms with E-state index in [9.17, 15) is 0 Å². The van der Waals surface area contributed by atoms with Crippen molar-refractivity contribution in [2.24, 2.45) is 0 Å². The topological polar surface area (TPSA) is 24.9 Å². The van der Waals surface area contributed by atoms with Gasteiger partial charge in [-0.05, 0) is 170 Å². The lowest BCUT2D eigenvalue weighted by Crippen LogP contribution is -2.32. The highest BCUT2D eigenvalue weighted by atomic mass is 16.5. The molecule has 2 aliphatic carbocycles. The molecule has 15 aromatic rings. The molecule has 0 saturated heterocycles. The van der Waals surface area contributed by atoms with Crippen molar-refractivity contribution in [3.05, 3.63) is 415 Å². The largest absolute Gasteiger partial charge is 0.457 e. The molecule has 0 radical (unpaired) electrons. The van der Waals surface area contributed by atoms with Crippen LogP contribution in [0.3, 0.4) is 0 Å². The summed E-state index contributed by atoms with van der Waals surface area (Å²) >= 11 is 0. The second-order valence-corrected chi connectivity index (χ2v) is 25.7. The number of ether oxygens (including phenoxy) is 2. The molecule has 0 amide bonds. The van der Waals surface area contributed by atoms with Crippen LogP contribution in [-0.2, 0) is 10.8 Å². The molecule has 4 nitrogen and oxygen atoms in total. The smallest absolute Gasteiger partial charge is 0.140 e. The summed E-state index contributed by atoms with van der Waals surface area (Å²) in [5.74, 6) is 3.66. The third-order valence-electron chi connectivity index (χ3n) is 20.4. The zero-order valence-corrected chi connectivity index (χ0v) is 54.0. The fraction of sp³-hybridized carbons (Fsp3) is 0.0426. The third-order valence-corrected chi connectivity index (χ3v) is 20.4. The number of rotatable bonds is 11. The van der Waals surface area contributed by atoms with E-state index < -0.39 is 10.8 Å². The second kappa shape index (κ2) is 24.1. The molecule has 2 aliphatic heterocycles. The Kier molecular flexibility index (Phi) is 14.3. The van der Waals surface area contributed by atoms with Gasteiger partial charge in [0.25, 0.3) is 0 Å². The standard InChI is InChI=1S/C51H37NO.C43H29NO/c1-2-3-4-6-15-35-24-28-39(29-25-35)52(38-18-7-5-8-19-38)40-30-31-44-43-22-13-14-23-45(43)51(48(44)34-40)46-32-26-36-16-9-11-20-41(36)49(46)53-50-42-21-12-10-17-37(42)27-33-47(50)51;1-3-13-30(14-4-1)31-23-25-33(26-24-31)44(32-15-5-2-6-16-32)34-27-28-36-35-17-7-8-18-37(35)43(40(36)29-34)38-19-9-11-21-41(38)45-42-22-12-10-20-39(42)43/h2,5-34H,1,3-4H2;1-29H/b15-6+;. The number of allylic oxidation sites excluding steroid dienone is 2. The average molecular weight is 1260 g/mol. The van der Waals surface area contributed by atoms with Crippen molar-refractivity contribution in [3.8, 4) is 56.4 Å². The maximum absolute atomic E-state index is 7.17. The average Bonchev–Trinajstić information content (AvgIpc) is 1.47. The summed E-state index contributed by atoms with van der Waals surface area (Å²) in [6.07, 6.45) is 8.35. The van der Waals surface area contributed by atoms with E-state index in [1.54, 1.807) is 0 Å². The van der Waals surface area contributed by atoms with Crippen molar-refractivity contribution in [1.29, 1.82) is 0 Å². The SMILES string of the molecule is C=CCC/C=C/c1ccc(N(c2ccccc2)c2ccc3c(c2)C2(c4ccccc4-3)c3ccc4ccccc4c3Oc3c2ccc2ccccc32)cc1.c1ccc(-c2ccc(N(c3ccccc3)c3ccc4c(c3)C3(c5ccccc5Oc5ccccc53)c3ccccc3-4)cc2)cc1. The van der Waals surface area contributed by atoms with Crippen LogP contribution in [0.5, 0.6) is 23.0 Å². The number of fused-ring (bicyclic) bond motifs is 22. The zero-order valence-electron chi connectivity index (χ0n) is 54.0. The lowest BCUT2D eigenvalue weighted by molar-refractivity contribution is 0.436. The number of hydrogen-bond acceptors (Lipinski definition) is 4. The predicted octanol–water partition coefficient (Wildman–Crippen LogP) is 25.2. The normalized spacial score (nSPS) is 13.3. The highest BCUT2D eigenvalue weighted by molar-refractivity contribution is 6.01. The van der Waals surface area contributed by atoms with Gasteiger partial charge in [-0.1, -0.05) is 279 Å². The molecule has 464 valence electrons. The van der Waals surface area contributed by atoms with Crippen molar-refractivity contribution in [2.45, 2.75) is 23.7 Å². The van der Waals surface area contributed by atoms with Gasteiger partial charge in [-0.3, -0.25) is 0 Å². The first kappa shape index (κ1) is 58.1. The zero-order chi connectivity index (χ0) is 65.2. The molecule has 2 heterocycles. The van der Waals surface area contributed by atoms with Gasteiger partial charge in [0, 0.05) is 67.2 Å². The monoisotopic (exact) mass is 1250 g/mol. The van der Waals surface area contributed by atoms with E-state index in [1.165, 1.54) is 94.2 Å². The number of hydrogen-bond donors (Lipinski definition) is 0. The van der Waals surface area contributed by atoms with E-state index in [2.05, 4.69) is 374 Å². The number of benzene rings is 15. The Morgan fingerprint density at radius 3 is 1.18 bits per heavy atom. The van der Waals surface area contributed by atoms with Crippen LogP contribution in [0.4, 0.5) is 34.1 Å². The molecule has 0 unspecified atom stereocenters. The highest BCUT2D eigenvalue weighted by Crippen LogP contribution is 2.66. The molecule has 0 fully saturated rings. The van der Waals surface area contributed by atoms with Gasteiger partial charge in [0.15, 0.2) is 0 Å². The number of unbranched alkanes of at least 4 members (excludes halogenated alkanes) is 1. The van der Waals surface area contributed by atoms with Crippen molar-refractivity contribution < 1.29 is 9.47 Å². The molecule has 0 N–H and O–H groups in total. The first-order valence-electron chi connectivity index (χ1n) is 33.9. The maximum atomic E-state index is 7.17. The molecule has 98 heavy (non-hydrogen) atoms. The van der Waals surface area contributed by atoms with Gasteiger partial charge in [-0.2, -0.15) is 0 Å². The van der Waals surface area contributed by atoms with E-state index in [0.717, 1.165) is 80.7 Å². The van der Waals surface area contributed by atoms with Gasteiger partial charge in [-0.15, -0.1) is 6.58 Å². The van der Waals surface area contributed by atoms with Crippen LogP contribution < -0.4 is 19.3 Å². The molecule has 4 aliphatic rings. The molecule has 0 atom stereocenters. The van der Waals surface area contributed by atoms with Gasteiger partial charge < -0.3 is 19.3 Å². The highest BCUT2D eigenvalue weighted by Gasteiger charge is 2.53. The molecular formula is C94H66N2O2. The van der Waals surface area contributed by atoms with Crippen LogP contribution in [0.1, 0.15) is 62.9 Å². The maximum Gasteiger partial charge on any atom is 0.140 e. The Bertz CT molecular complexity index is 5470. The first-order valence-corrected chi connectivity index (χ1v) is 33.9. The fourth-order valence-electron chi connectivity index (χ4n) is 16.2.